The zero-order valence-electron chi connectivity index (χ0n) is 50.4. The van der Waals surface area contributed by atoms with Crippen molar-refractivity contribution in [3.8, 4) is 23.7 Å². The van der Waals surface area contributed by atoms with E-state index in [1.54, 1.807) is 28.9 Å². The number of allylic oxidation sites excluding steroid dienone is 10. The van der Waals surface area contributed by atoms with Crippen LogP contribution in [0.4, 0.5) is 0 Å². The summed E-state index contributed by atoms with van der Waals surface area (Å²) in [5, 5.41) is 55.2. The van der Waals surface area contributed by atoms with Crippen LogP contribution in [0.1, 0.15) is 95.4 Å². The number of aliphatic carboxylic acids is 2. The molecule has 0 spiro atoms. The predicted molar refractivity (Wildman–Crippen MR) is 367 cm³/mol. The quantitative estimate of drug-likeness (QED) is 0.00645. The molecule has 5 atom stereocenters. The van der Waals surface area contributed by atoms with Crippen molar-refractivity contribution in [2.24, 2.45) is 33.3 Å². The minimum atomic E-state index is -2.14. The fourth-order valence-corrected chi connectivity index (χ4v) is 15.6. The maximum Gasteiger partial charge on any atom is 0.305 e. The van der Waals surface area contributed by atoms with Gasteiger partial charge in [-0.05, 0) is 118 Å². The Kier molecular flexibility index (Phi) is 27.9. The summed E-state index contributed by atoms with van der Waals surface area (Å²) in [6, 6.07) is 7.55. The first-order valence-electron chi connectivity index (χ1n) is 28.9. The number of aromatic nitrogens is 3. The molecule has 1 aromatic heterocycles. The molecule has 3 heterocycles. The number of aryl methyl sites for hydroxylation is 2. The number of benzene rings is 2. The van der Waals surface area contributed by atoms with E-state index in [0.717, 1.165) is 36.5 Å². The van der Waals surface area contributed by atoms with Crippen LogP contribution >= 0.6 is 53.2 Å². The molecule has 0 fully saturated rings. The van der Waals surface area contributed by atoms with Gasteiger partial charge in [0.25, 0.3) is 0 Å². The summed E-state index contributed by atoms with van der Waals surface area (Å²) in [4.78, 5) is 115. The average molecular weight is 1490 g/mol. The topological polar surface area (TPSA) is 402 Å². The Morgan fingerprint density at radius 3 is 2.45 bits per heavy atom. The van der Waals surface area contributed by atoms with Gasteiger partial charge in [0, 0.05) is 71.7 Å². The lowest BCUT2D eigenvalue weighted by Crippen LogP contribution is -2.54. The molecule has 2 aromatic carbocycles. The third kappa shape index (κ3) is 20.9. The SMILES string of the molecule is C=I1=CC2=C(C=C1C#CCCn1cc(CCC(=O)NC(CC(=O)O)C(=O)NCC(=O)N[C@@H](CCC(=O)O)C(=O)N[C@@H](C)C(N)=O)nn1)/C(=C1\c3c(ccc4ccccc34)CC1C)C(/C(C)=C\C#CCCN=CC(CCCN([O-])[C@H](CC=O)C(N)=O)=NN)=C(CI)S2. The number of carboxylic acids is 2. The number of rotatable bonds is 31. The van der Waals surface area contributed by atoms with E-state index >= 15 is 0 Å². The summed E-state index contributed by atoms with van der Waals surface area (Å²) in [6.45, 7) is 5.63. The second kappa shape index (κ2) is 35.3. The number of fused-ring (bicyclic) bond motifs is 3. The Morgan fingerprint density at radius 1 is 0.989 bits per heavy atom. The molecule has 0 bridgehead atoms. The monoisotopic (exact) mass is 1490 g/mol. The number of hydrogen-bond donors (Lipinski definition) is 9. The number of amides is 6. The van der Waals surface area contributed by atoms with E-state index < -0.39 is 110 Å². The molecule has 6 rings (SSSR count). The molecule has 0 saturated heterocycles. The number of hydrazone groups is 1. The lowest BCUT2D eigenvalue weighted by molar-refractivity contribution is -0.141. The van der Waals surface area contributed by atoms with Gasteiger partial charge in [-0.15, -0.1) is 24.0 Å². The average Bonchev–Trinajstić information content (AvgIpc) is 1.72. The molecule has 3 aliphatic rings. The third-order valence-electron chi connectivity index (χ3n) is 14.5. The van der Waals surface area contributed by atoms with Crippen molar-refractivity contribution in [3.05, 3.63) is 112 Å². The lowest BCUT2D eigenvalue weighted by atomic mass is 9.82. The van der Waals surface area contributed by atoms with Crippen LogP contribution in [0.15, 0.2) is 101 Å². The van der Waals surface area contributed by atoms with Gasteiger partial charge in [-0.25, -0.2) is 0 Å². The standard InChI is InChI=1S/C63H72I2N13O12S/c1-37(13-6-5-10-25-69-34-43(74-68)16-12-27-78(90)49(24-28-79)61(67)87)56-50(32-64)91-51-33-65(4)42(30-46(51)59(56)57-38(2)29-41-19-18-40-14-7-8-17-45(40)58(41)57)15-9-11-26-77-36-44(75-76-77)20-22-52(80)73-48(31-55(84)85)62(88)70-35-53(81)72-47(21-23-54(82)83)63(89)71-39(3)60(66)86/h7-8,13-14,17-19,28,30,33-34,36,38-39,47-49H,4,10-12,16,20-27,29,31-32,35,68H2,1-3H3,(H2,66,86)(H2,67,87)(H,70,88)(H,71,89)(H,72,81)(H,73,80)(H,82,83)(H,84,85)/q-1/b37-13-,59-57+,69-34?,74-43?/t38?,39-,47-,48?,49+/m0/s1. The number of primary amides is 2. The number of carbonyl (C=O) groups is 9. The molecule has 2 aliphatic heterocycles. The van der Waals surface area contributed by atoms with Crippen LogP contribution in [0, 0.1) is 34.8 Å². The maximum atomic E-state index is 13.1. The number of hydroxylamine groups is 2. The Balaban J connectivity index is 1.12. The summed E-state index contributed by atoms with van der Waals surface area (Å²) < 4.78 is 10.4. The Hall–Kier alpha value is -8.30. The van der Waals surface area contributed by atoms with Gasteiger partial charge in [-0.3, -0.25) is 48.0 Å². The highest BCUT2D eigenvalue weighted by molar-refractivity contribution is 14.2. The van der Waals surface area contributed by atoms with Crippen LogP contribution in [-0.4, -0.2) is 153 Å². The normalized spacial score (nSPS) is 17.0. The van der Waals surface area contributed by atoms with Crippen molar-refractivity contribution >= 4 is 144 Å². The van der Waals surface area contributed by atoms with Gasteiger partial charge >= 0.3 is 11.9 Å². The molecular weight excluding hydrogens is 1420 g/mol. The van der Waals surface area contributed by atoms with Crippen molar-refractivity contribution in [3.63, 3.8) is 0 Å². The highest BCUT2D eigenvalue weighted by Gasteiger charge is 2.36. The largest absolute Gasteiger partial charge is 0.785 e. The van der Waals surface area contributed by atoms with Crippen molar-refractivity contribution in [2.75, 3.05) is 24.1 Å². The zero-order valence-corrected chi connectivity index (χ0v) is 55.5. The van der Waals surface area contributed by atoms with E-state index in [-0.39, 0.29) is 38.1 Å². The number of aldehydes is 1. The molecule has 0 radical (unpaired) electrons. The second-order valence-corrected chi connectivity index (χ2v) is 27.2. The summed E-state index contributed by atoms with van der Waals surface area (Å²) in [7, 11) is 0. The van der Waals surface area contributed by atoms with E-state index in [1.807, 2.05) is 6.08 Å². The number of carboxylic acid groups (broad SMARTS) is 2. The molecule has 2 unspecified atom stereocenters. The van der Waals surface area contributed by atoms with E-state index in [2.05, 4.69) is 153 Å². The minimum absolute atomic E-state index is 0.0408. The first-order chi connectivity index (χ1) is 43.5. The predicted octanol–water partition coefficient (Wildman–Crippen LogP) is 3.90. The van der Waals surface area contributed by atoms with Crippen LogP contribution in [0.5, 0.6) is 0 Å². The van der Waals surface area contributed by atoms with Crippen molar-refractivity contribution in [1.29, 1.82) is 0 Å². The van der Waals surface area contributed by atoms with Crippen LogP contribution in [0.3, 0.4) is 0 Å². The smallest absolute Gasteiger partial charge is 0.305 e. The van der Waals surface area contributed by atoms with Crippen molar-refractivity contribution in [2.45, 2.75) is 122 Å². The third-order valence-corrected chi connectivity index (χ3v) is 20.8. The number of nitrogens with one attached hydrogen (secondary N) is 4. The van der Waals surface area contributed by atoms with Gasteiger partial charge in [0.2, 0.25) is 35.4 Å². The molecule has 482 valence electrons. The molecule has 28 heteroatoms. The first-order valence-corrected chi connectivity index (χ1v) is 35.1. The van der Waals surface area contributed by atoms with E-state index in [9.17, 15) is 53.5 Å². The molecule has 6 amide bonds. The molecule has 0 saturated carbocycles. The summed E-state index contributed by atoms with van der Waals surface area (Å²) in [5.74, 6) is 11.2. The van der Waals surface area contributed by atoms with Gasteiger partial charge in [0.15, 0.2) is 0 Å². The molecule has 3 aromatic rings. The molecular formula is C63H72I2N13O12S-. The highest BCUT2D eigenvalue weighted by Crippen LogP contribution is 2.54. The summed E-state index contributed by atoms with van der Waals surface area (Å²) >= 11 is 2.08. The number of nitrogens with two attached hydrogens (primary N) is 3. The van der Waals surface area contributed by atoms with Crippen molar-refractivity contribution < 1.29 is 53.4 Å². The number of nitrogens with zero attached hydrogens (tertiary/aromatic N) is 6. The molecule has 91 heavy (non-hydrogen) atoms. The van der Waals surface area contributed by atoms with Crippen LogP contribution in [-0.2, 0) is 62.5 Å². The fourth-order valence-electron chi connectivity index (χ4n) is 10.0. The van der Waals surface area contributed by atoms with Gasteiger partial charge in [0.05, 0.1) is 40.5 Å². The fraction of sp³-hybridized carbons (Fsp3) is 0.381. The van der Waals surface area contributed by atoms with Gasteiger partial charge in [-0.2, -0.15) is 5.10 Å². The van der Waals surface area contributed by atoms with Gasteiger partial charge in [-0.1, -0.05) is 111 Å². The Bertz CT molecular complexity index is 3800. The maximum absolute atomic E-state index is 13.1. The number of aliphatic imine (C=N–C) groups is 1. The van der Waals surface area contributed by atoms with E-state index in [0.29, 0.717) is 61.5 Å². The van der Waals surface area contributed by atoms with Gasteiger partial charge < -0.3 is 63.9 Å². The van der Waals surface area contributed by atoms with Crippen LogP contribution < -0.4 is 38.6 Å². The molecule has 25 nitrogen and oxygen atoms in total. The van der Waals surface area contributed by atoms with Crippen LogP contribution in [0.25, 0.3) is 16.3 Å². The first kappa shape index (κ1) is 71.8. The number of thioether (sulfide) groups is 1. The Morgan fingerprint density at radius 2 is 1.75 bits per heavy atom. The highest BCUT2D eigenvalue weighted by atomic mass is 127. The number of halogens is 2. The lowest BCUT2D eigenvalue weighted by Gasteiger charge is -2.33. The summed E-state index contributed by atoms with van der Waals surface area (Å²) in [5.41, 5.74) is 19.6. The molecule has 12 N–H and O–H groups in total. The minimum Gasteiger partial charge on any atom is -0.785 e. The number of alkyl halides is 1. The van der Waals surface area contributed by atoms with E-state index in [1.165, 1.54) is 44.4 Å². The Labute approximate surface area is 550 Å². The van der Waals surface area contributed by atoms with Gasteiger partial charge in [0.1, 0.15) is 24.4 Å². The number of hydrogen-bond acceptors (Lipinski definition) is 17. The van der Waals surface area contributed by atoms with E-state index in [4.69, 9.17) is 22.4 Å². The number of carbonyl (C=O) groups excluding carboxylic acids is 7. The van der Waals surface area contributed by atoms with Crippen molar-refractivity contribution in [1.82, 2.24) is 41.3 Å². The second-order valence-electron chi connectivity index (χ2n) is 21.3. The summed E-state index contributed by atoms with van der Waals surface area (Å²) in [6.07, 6.45) is 8.19. The van der Waals surface area contributed by atoms with Crippen LogP contribution in [0.2, 0.25) is 0 Å². The molecule has 1 aliphatic carbocycles. The zero-order chi connectivity index (χ0) is 66.3.